The van der Waals surface area contributed by atoms with Gasteiger partial charge >= 0.3 is 0 Å². The van der Waals surface area contributed by atoms with Gasteiger partial charge in [0.15, 0.2) is 0 Å². The molecule has 0 aliphatic carbocycles. The SMILES string of the molecule is CCc1ccc(-c2ccc(C#N)c(=S)[nH]2)cc1. The molecular formula is C14H12N2S. The van der Waals surface area contributed by atoms with E-state index in [0.29, 0.717) is 10.2 Å². The minimum Gasteiger partial charge on any atom is -0.345 e. The van der Waals surface area contributed by atoms with Crippen molar-refractivity contribution >= 4 is 12.2 Å². The molecule has 0 spiro atoms. The maximum absolute atomic E-state index is 8.81. The number of hydrogen-bond acceptors (Lipinski definition) is 2. The number of H-pyrrole nitrogens is 1. The number of rotatable bonds is 2. The van der Waals surface area contributed by atoms with E-state index in [1.165, 1.54) is 5.56 Å². The number of pyridine rings is 1. The van der Waals surface area contributed by atoms with Gasteiger partial charge in [0.1, 0.15) is 10.7 Å². The van der Waals surface area contributed by atoms with Crippen LogP contribution in [-0.2, 0) is 6.42 Å². The predicted octanol–water partition coefficient (Wildman–Crippen LogP) is 3.85. The first kappa shape index (κ1) is 11.6. The Morgan fingerprint density at radius 3 is 2.41 bits per heavy atom. The normalized spacial score (nSPS) is 9.88. The molecule has 2 aromatic rings. The molecule has 3 heteroatoms. The largest absolute Gasteiger partial charge is 0.345 e. The van der Waals surface area contributed by atoms with Crippen LogP contribution in [0.3, 0.4) is 0 Å². The van der Waals surface area contributed by atoms with Gasteiger partial charge in [-0.1, -0.05) is 43.4 Å². The predicted molar refractivity (Wildman–Crippen MR) is 71.2 cm³/mol. The Morgan fingerprint density at radius 2 is 1.88 bits per heavy atom. The summed E-state index contributed by atoms with van der Waals surface area (Å²) in [4.78, 5) is 3.07. The number of aromatic amines is 1. The molecule has 0 aliphatic rings. The Hall–Kier alpha value is -1.92. The first-order chi connectivity index (χ1) is 8.24. The quantitative estimate of drug-likeness (QED) is 0.810. The fraction of sp³-hybridized carbons (Fsp3) is 0.143. The summed E-state index contributed by atoms with van der Waals surface area (Å²) in [5.41, 5.74) is 3.84. The van der Waals surface area contributed by atoms with Crippen molar-refractivity contribution < 1.29 is 0 Å². The number of nitrogens with zero attached hydrogens (tertiary/aromatic N) is 1. The topological polar surface area (TPSA) is 39.6 Å². The first-order valence-corrected chi connectivity index (χ1v) is 5.88. The van der Waals surface area contributed by atoms with E-state index >= 15 is 0 Å². The second-order valence-electron chi connectivity index (χ2n) is 3.78. The van der Waals surface area contributed by atoms with Crippen LogP contribution in [0, 0.1) is 16.0 Å². The van der Waals surface area contributed by atoms with Gasteiger partial charge < -0.3 is 4.98 Å². The van der Waals surface area contributed by atoms with E-state index in [2.05, 4.69) is 42.2 Å². The van der Waals surface area contributed by atoms with E-state index in [4.69, 9.17) is 17.5 Å². The number of aromatic nitrogens is 1. The Kier molecular flexibility index (Phi) is 3.36. The molecule has 0 amide bonds. The lowest BCUT2D eigenvalue weighted by Crippen LogP contribution is -1.88. The molecule has 0 aliphatic heterocycles. The highest BCUT2D eigenvalue weighted by molar-refractivity contribution is 7.71. The number of hydrogen-bond donors (Lipinski definition) is 1. The summed E-state index contributed by atoms with van der Waals surface area (Å²) in [6, 6.07) is 14.0. The van der Waals surface area contributed by atoms with Gasteiger partial charge in [-0.15, -0.1) is 0 Å². The van der Waals surface area contributed by atoms with Gasteiger partial charge in [0, 0.05) is 5.69 Å². The Balaban J connectivity index is 2.43. The van der Waals surface area contributed by atoms with Crippen molar-refractivity contribution in [3.63, 3.8) is 0 Å². The monoisotopic (exact) mass is 240 g/mol. The van der Waals surface area contributed by atoms with Gasteiger partial charge in [-0.3, -0.25) is 0 Å². The minimum atomic E-state index is 0.490. The molecule has 1 aromatic heterocycles. The lowest BCUT2D eigenvalue weighted by Gasteiger charge is -2.03. The van der Waals surface area contributed by atoms with Crippen LogP contribution in [0.15, 0.2) is 36.4 Å². The van der Waals surface area contributed by atoms with Gasteiger partial charge in [0.2, 0.25) is 0 Å². The van der Waals surface area contributed by atoms with Crippen molar-refractivity contribution in [1.82, 2.24) is 4.98 Å². The molecule has 1 N–H and O–H groups in total. The molecule has 0 unspecified atom stereocenters. The third kappa shape index (κ3) is 2.43. The summed E-state index contributed by atoms with van der Waals surface area (Å²) in [5.74, 6) is 0. The second kappa shape index (κ2) is 4.94. The average molecular weight is 240 g/mol. The number of benzene rings is 1. The van der Waals surface area contributed by atoms with Crippen LogP contribution in [0.2, 0.25) is 0 Å². The average Bonchev–Trinajstić information content (AvgIpc) is 2.39. The maximum atomic E-state index is 8.81. The van der Waals surface area contributed by atoms with Crippen LogP contribution in [0.1, 0.15) is 18.1 Å². The lowest BCUT2D eigenvalue weighted by molar-refractivity contribution is 1.14. The summed E-state index contributed by atoms with van der Waals surface area (Å²) in [5, 5.41) is 8.81. The van der Waals surface area contributed by atoms with E-state index in [-0.39, 0.29) is 0 Å². The van der Waals surface area contributed by atoms with Crippen molar-refractivity contribution in [2.75, 3.05) is 0 Å². The van der Waals surface area contributed by atoms with Gasteiger partial charge in [-0.25, -0.2) is 0 Å². The lowest BCUT2D eigenvalue weighted by atomic mass is 10.1. The zero-order chi connectivity index (χ0) is 12.3. The highest BCUT2D eigenvalue weighted by Gasteiger charge is 2.00. The van der Waals surface area contributed by atoms with Crippen LogP contribution in [0.25, 0.3) is 11.3 Å². The van der Waals surface area contributed by atoms with Gasteiger partial charge in [-0.2, -0.15) is 5.26 Å². The molecule has 0 atom stereocenters. The summed E-state index contributed by atoms with van der Waals surface area (Å²) in [7, 11) is 0. The highest BCUT2D eigenvalue weighted by atomic mass is 32.1. The zero-order valence-corrected chi connectivity index (χ0v) is 10.3. The second-order valence-corrected chi connectivity index (χ2v) is 4.19. The van der Waals surface area contributed by atoms with Crippen LogP contribution in [0.4, 0.5) is 0 Å². The zero-order valence-electron chi connectivity index (χ0n) is 9.53. The molecule has 17 heavy (non-hydrogen) atoms. The smallest absolute Gasteiger partial charge is 0.121 e. The third-order valence-corrected chi connectivity index (χ3v) is 3.03. The van der Waals surface area contributed by atoms with Crippen LogP contribution in [0.5, 0.6) is 0 Å². The molecule has 1 aromatic carbocycles. The fourth-order valence-corrected chi connectivity index (χ4v) is 1.87. The van der Waals surface area contributed by atoms with Crippen molar-refractivity contribution in [3.05, 3.63) is 52.2 Å². The third-order valence-electron chi connectivity index (χ3n) is 2.70. The molecule has 2 rings (SSSR count). The van der Waals surface area contributed by atoms with E-state index in [1.54, 1.807) is 6.07 Å². The van der Waals surface area contributed by atoms with Crippen molar-refractivity contribution in [3.8, 4) is 17.3 Å². The minimum absolute atomic E-state index is 0.490. The molecular weight excluding hydrogens is 228 g/mol. The molecule has 0 saturated heterocycles. The van der Waals surface area contributed by atoms with Gasteiger partial charge in [0.05, 0.1) is 5.56 Å². The van der Waals surface area contributed by atoms with Crippen molar-refractivity contribution in [2.24, 2.45) is 0 Å². The van der Waals surface area contributed by atoms with E-state index in [1.807, 2.05) is 6.07 Å². The summed E-state index contributed by atoms with van der Waals surface area (Å²) in [6.07, 6.45) is 1.03. The van der Waals surface area contributed by atoms with Crippen LogP contribution < -0.4 is 0 Å². The number of aryl methyl sites for hydroxylation is 1. The Morgan fingerprint density at radius 1 is 1.18 bits per heavy atom. The Labute approximate surface area is 106 Å². The van der Waals surface area contributed by atoms with E-state index in [0.717, 1.165) is 17.7 Å². The van der Waals surface area contributed by atoms with E-state index < -0.39 is 0 Å². The standard InChI is InChI=1S/C14H12N2S/c1-2-10-3-5-11(6-4-10)13-8-7-12(9-15)14(17)16-13/h3-8H,2H2,1H3,(H,16,17). The molecule has 2 nitrogen and oxygen atoms in total. The molecule has 0 bridgehead atoms. The molecule has 0 fully saturated rings. The Bertz CT molecular complexity index is 618. The molecule has 84 valence electrons. The maximum Gasteiger partial charge on any atom is 0.121 e. The number of nitriles is 1. The van der Waals surface area contributed by atoms with Gasteiger partial charge in [-0.05, 0) is 29.7 Å². The van der Waals surface area contributed by atoms with Crippen molar-refractivity contribution in [2.45, 2.75) is 13.3 Å². The van der Waals surface area contributed by atoms with Crippen molar-refractivity contribution in [1.29, 1.82) is 5.26 Å². The molecule has 0 saturated carbocycles. The summed E-state index contributed by atoms with van der Waals surface area (Å²) < 4.78 is 0.490. The van der Waals surface area contributed by atoms with Crippen LogP contribution >= 0.6 is 12.2 Å². The first-order valence-electron chi connectivity index (χ1n) is 5.47. The van der Waals surface area contributed by atoms with E-state index in [9.17, 15) is 0 Å². The summed E-state index contributed by atoms with van der Waals surface area (Å²) >= 11 is 5.11. The van der Waals surface area contributed by atoms with Crippen LogP contribution in [-0.4, -0.2) is 4.98 Å². The number of nitrogens with one attached hydrogen (secondary N) is 1. The fourth-order valence-electron chi connectivity index (χ4n) is 1.65. The highest BCUT2D eigenvalue weighted by Crippen LogP contribution is 2.18. The molecule has 1 heterocycles. The molecule has 0 radical (unpaired) electrons. The summed E-state index contributed by atoms with van der Waals surface area (Å²) in [6.45, 7) is 2.13. The van der Waals surface area contributed by atoms with Gasteiger partial charge in [0.25, 0.3) is 0 Å².